The van der Waals surface area contributed by atoms with E-state index in [0.29, 0.717) is 30.6 Å². The first kappa shape index (κ1) is 21.2. The van der Waals surface area contributed by atoms with Crippen LogP contribution >= 0.6 is 0 Å². The smallest absolute Gasteiger partial charge is 0.227 e. The van der Waals surface area contributed by atoms with Crippen molar-refractivity contribution in [3.63, 3.8) is 0 Å². The van der Waals surface area contributed by atoms with E-state index < -0.39 is 0 Å². The molecule has 0 N–H and O–H groups in total. The van der Waals surface area contributed by atoms with Crippen LogP contribution in [-0.4, -0.2) is 46.8 Å². The fraction of sp³-hybridized carbons (Fsp3) is 0.500. The van der Waals surface area contributed by atoms with E-state index in [2.05, 4.69) is 66.1 Å². The van der Waals surface area contributed by atoms with Crippen molar-refractivity contribution in [2.24, 2.45) is 11.8 Å². The van der Waals surface area contributed by atoms with Crippen molar-refractivity contribution in [2.75, 3.05) is 13.1 Å². The Hall–Kier alpha value is -2.62. The van der Waals surface area contributed by atoms with Crippen LogP contribution in [0.5, 0.6) is 0 Å². The molecule has 3 saturated heterocycles. The summed E-state index contributed by atoms with van der Waals surface area (Å²) in [6.07, 6.45) is 5.24. The van der Waals surface area contributed by atoms with Gasteiger partial charge in [0.2, 0.25) is 11.8 Å². The maximum Gasteiger partial charge on any atom is 0.227 e. The first-order chi connectivity index (χ1) is 15.5. The normalized spacial score (nSPS) is 27.2. The monoisotopic (exact) mass is 430 g/mol. The number of nitrogens with zero attached hydrogens (tertiary/aromatic N) is 2. The zero-order chi connectivity index (χ0) is 22.2. The summed E-state index contributed by atoms with van der Waals surface area (Å²) in [5, 5.41) is 0. The number of carbonyl (C=O) groups excluding carboxylic acids is 2. The Morgan fingerprint density at radius 1 is 1.03 bits per heavy atom. The van der Waals surface area contributed by atoms with Crippen LogP contribution in [0.4, 0.5) is 0 Å². The third-order valence-corrected chi connectivity index (χ3v) is 7.98. The second-order valence-electron chi connectivity index (χ2n) is 10.2. The standard InChI is InChI=1S/C28H34N2O2/c1-19-11-12-20(2)22(13-19)16-28(32)29-17-23-15-24(18-29)26(14-21-7-4-3-5-8-21)30-25(23)9-6-10-27(30)31/h3-5,7-8,11-13,23-26H,6,9-10,14-18H2,1-2H3/t23-,24+,25+,26+/m1/s1. The van der Waals surface area contributed by atoms with Crippen LogP contribution in [0.1, 0.15) is 47.9 Å². The summed E-state index contributed by atoms with van der Waals surface area (Å²) in [5.41, 5.74) is 4.81. The fourth-order valence-electron chi connectivity index (χ4n) is 6.36. The molecule has 0 saturated carbocycles. The highest BCUT2D eigenvalue weighted by Gasteiger charge is 2.49. The lowest BCUT2D eigenvalue weighted by molar-refractivity contribution is -0.155. The Morgan fingerprint density at radius 2 is 1.81 bits per heavy atom. The summed E-state index contributed by atoms with van der Waals surface area (Å²) < 4.78 is 0. The molecule has 4 atom stereocenters. The highest BCUT2D eigenvalue weighted by molar-refractivity contribution is 5.80. The quantitative estimate of drug-likeness (QED) is 0.725. The van der Waals surface area contributed by atoms with E-state index in [1.165, 1.54) is 16.7 Å². The number of fused-ring (bicyclic) bond motifs is 4. The Morgan fingerprint density at radius 3 is 2.62 bits per heavy atom. The molecule has 2 bridgehead atoms. The van der Waals surface area contributed by atoms with Gasteiger partial charge in [0.1, 0.15) is 0 Å². The molecule has 4 heteroatoms. The van der Waals surface area contributed by atoms with Gasteiger partial charge in [-0.25, -0.2) is 0 Å². The molecule has 3 aliphatic heterocycles. The largest absolute Gasteiger partial charge is 0.342 e. The van der Waals surface area contributed by atoms with Gasteiger partial charge in [-0.1, -0.05) is 54.1 Å². The molecule has 3 heterocycles. The molecule has 5 rings (SSSR count). The minimum absolute atomic E-state index is 0.197. The van der Waals surface area contributed by atoms with Gasteiger partial charge < -0.3 is 9.80 Å². The molecule has 32 heavy (non-hydrogen) atoms. The van der Waals surface area contributed by atoms with Gasteiger partial charge in [-0.3, -0.25) is 9.59 Å². The fourth-order valence-corrected chi connectivity index (χ4v) is 6.36. The SMILES string of the molecule is Cc1ccc(C)c(CC(=O)N2C[C@H]3C[C@@H](C2)[C@H](Cc2ccccc2)N2C(=O)CCC[C@@H]32)c1. The minimum atomic E-state index is 0.197. The summed E-state index contributed by atoms with van der Waals surface area (Å²) >= 11 is 0. The van der Waals surface area contributed by atoms with Gasteiger partial charge in [0.25, 0.3) is 0 Å². The third kappa shape index (κ3) is 4.07. The number of rotatable bonds is 4. The molecule has 0 aliphatic carbocycles. The van der Waals surface area contributed by atoms with Crippen LogP contribution in [0, 0.1) is 25.7 Å². The second-order valence-corrected chi connectivity index (χ2v) is 10.2. The van der Waals surface area contributed by atoms with E-state index in [1.807, 2.05) is 6.07 Å². The van der Waals surface area contributed by atoms with E-state index in [9.17, 15) is 9.59 Å². The summed E-state index contributed by atoms with van der Waals surface area (Å²) in [4.78, 5) is 30.8. The van der Waals surface area contributed by atoms with Crippen LogP contribution in [0.3, 0.4) is 0 Å². The number of hydrogen-bond donors (Lipinski definition) is 0. The van der Waals surface area contributed by atoms with Gasteiger partial charge in [0.15, 0.2) is 0 Å². The molecule has 0 unspecified atom stereocenters. The predicted octanol–water partition coefficient (Wildman–Crippen LogP) is 4.32. The number of hydrogen-bond acceptors (Lipinski definition) is 2. The highest BCUT2D eigenvalue weighted by Crippen LogP contribution is 2.42. The van der Waals surface area contributed by atoms with E-state index >= 15 is 0 Å². The van der Waals surface area contributed by atoms with Crippen LogP contribution < -0.4 is 0 Å². The van der Waals surface area contributed by atoms with E-state index in [1.54, 1.807) is 0 Å². The first-order valence-corrected chi connectivity index (χ1v) is 12.2. The predicted molar refractivity (Wildman–Crippen MR) is 126 cm³/mol. The van der Waals surface area contributed by atoms with E-state index in [-0.39, 0.29) is 18.0 Å². The van der Waals surface area contributed by atoms with Crippen molar-refractivity contribution >= 4 is 11.8 Å². The van der Waals surface area contributed by atoms with Crippen LogP contribution in [-0.2, 0) is 22.4 Å². The lowest BCUT2D eigenvalue weighted by Gasteiger charge is -2.56. The summed E-state index contributed by atoms with van der Waals surface area (Å²) in [7, 11) is 0. The lowest BCUT2D eigenvalue weighted by atomic mass is 9.70. The number of carbonyl (C=O) groups is 2. The summed E-state index contributed by atoms with van der Waals surface area (Å²) in [6.45, 7) is 5.75. The topological polar surface area (TPSA) is 40.6 Å². The molecule has 3 fully saturated rings. The van der Waals surface area contributed by atoms with Crippen molar-refractivity contribution < 1.29 is 9.59 Å². The van der Waals surface area contributed by atoms with Crippen molar-refractivity contribution in [1.82, 2.24) is 9.80 Å². The molecular weight excluding hydrogens is 396 g/mol. The molecule has 0 radical (unpaired) electrons. The van der Waals surface area contributed by atoms with Gasteiger partial charge in [-0.2, -0.15) is 0 Å². The number of aryl methyl sites for hydroxylation is 2. The van der Waals surface area contributed by atoms with Crippen molar-refractivity contribution in [1.29, 1.82) is 0 Å². The molecule has 2 amide bonds. The zero-order valence-electron chi connectivity index (χ0n) is 19.3. The number of likely N-dealkylation sites (tertiary alicyclic amines) is 1. The van der Waals surface area contributed by atoms with Crippen LogP contribution in [0.25, 0.3) is 0 Å². The molecule has 3 aliphatic rings. The third-order valence-electron chi connectivity index (χ3n) is 7.98. The van der Waals surface area contributed by atoms with Crippen LogP contribution in [0.2, 0.25) is 0 Å². The first-order valence-electron chi connectivity index (χ1n) is 12.2. The average molecular weight is 431 g/mol. The number of piperidine rings is 3. The Labute approximate surface area is 191 Å². The lowest BCUT2D eigenvalue weighted by Crippen LogP contribution is -2.66. The number of amides is 2. The zero-order valence-corrected chi connectivity index (χ0v) is 19.3. The average Bonchev–Trinajstić information content (AvgIpc) is 2.80. The molecule has 2 aromatic carbocycles. The van der Waals surface area contributed by atoms with Gasteiger partial charge in [-0.05, 0) is 68.1 Å². The minimum Gasteiger partial charge on any atom is -0.342 e. The van der Waals surface area contributed by atoms with E-state index in [4.69, 9.17) is 0 Å². The van der Waals surface area contributed by atoms with Gasteiger partial charge in [0.05, 0.1) is 6.42 Å². The maximum atomic E-state index is 13.4. The van der Waals surface area contributed by atoms with Crippen molar-refractivity contribution in [3.05, 3.63) is 70.8 Å². The molecule has 0 aromatic heterocycles. The summed E-state index contributed by atoms with van der Waals surface area (Å²) in [5.74, 6) is 1.33. The number of benzene rings is 2. The highest BCUT2D eigenvalue weighted by atomic mass is 16.2. The Bertz CT molecular complexity index is 1000. The van der Waals surface area contributed by atoms with Crippen molar-refractivity contribution in [3.8, 4) is 0 Å². The maximum absolute atomic E-state index is 13.4. The Kier molecular flexibility index (Phi) is 5.79. The summed E-state index contributed by atoms with van der Waals surface area (Å²) in [6, 6.07) is 17.4. The molecular formula is C28H34N2O2. The molecule has 0 spiro atoms. The Balaban J connectivity index is 1.39. The van der Waals surface area contributed by atoms with Gasteiger partial charge in [-0.15, -0.1) is 0 Å². The van der Waals surface area contributed by atoms with E-state index in [0.717, 1.165) is 44.3 Å². The molecule has 168 valence electrons. The van der Waals surface area contributed by atoms with Crippen molar-refractivity contribution in [2.45, 2.75) is 64.5 Å². The molecule has 2 aromatic rings. The molecule has 4 nitrogen and oxygen atoms in total. The van der Waals surface area contributed by atoms with Crippen LogP contribution in [0.15, 0.2) is 48.5 Å². The van der Waals surface area contributed by atoms with Gasteiger partial charge in [0, 0.05) is 31.6 Å². The van der Waals surface area contributed by atoms with Gasteiger partial charge >= 0.3 is 0 Å². The second kappa shape index (κ2) is 8.73.